The lowest BCUT2D eigenvalue weighted by molar-refractivity contribution is 0.0688. The summed E-state index contributed by atoms with van der Waals surface area (Å²) in [7, 11) is 0. The van der Waals surface area contributed by atoms with Crippen molar-refractivity contribution in [3.63, 3.8) is 0 Å². The Kier molecular flexibility index (Phi) is 4.52. The fraction of sp³-hybridized carbons (Fsp3) is 0.667. The predicted octanol–water partition coefficient (Wildman–Crippen LogP) is 5.11. The minimum atomic E-state index is 0.560. The second-order valence-electron chi connectivity index (χ2n) is 6.79. The summed E-state index contributed by atoms with van der Waals surface area (Å²) >= 11 is 3.65. The Morgan fingerprint density at radius 3 is 3.05 bits per heavy atom. The van der Waals surface area contributed by atoms with Gasteiger partial charge in [0.25, 0.3) is 0 Å². The van der Waals surface area contributed by atoms with Gasteiger partial charge in [-0.1, -0.05) is 54.2 Å². The highest BCUT2D eigenvalue weighted by atomic mass is 79.9. The second-order valence-corrected chi connectivity index (χ2v) is 7.71. The van der Waals surface area contributed by atoms with Gasteiger partial charge < -0.3 is 5.32 Å². The zero-order valence-corrected chi connectivity index (χ0v) is 14.1. The number of rotatable bonds is 2. The summed E-state index contributed by atoms with van der Waals surface area (Å²) in [6, 6.07) is 9.01. The third-order valence-corrected chi connectivity index (χ3v) is 6.19. The van der Waals surface area contributed by atoms with Crippen LogP contribution in [-0.2, 0) is 0 Å². The van der Waals surface area contributed by atoms with Crippen molar-refractivity contribution in [2.75, 3.05) is 13.1 Å². The Balaban J connectivity index is 1.90. The van der Waals surface area contributed by atoms with Gasteiger partial charge >= 0.3 is 0 Å². The van der Waals surface area contributed by atoms with E-state index < -0.39 is 0 Å². The second kappa shape index (κ2) is 6.19. The largest absolute Gasteiger partial charge is 0.316 e. The van der Waals surface area contributed by atoms with Crippen LogP contribution in [0, 0.1) is 11.3 Å². The van der Waals surface area contributed by atoms with Gasteiger partial charge in [-0.05, 0) is 54.8 Å². The molecule has 1 aliphatic heterocycles. The van der Waals surface area contributed by atoms with Gasteiger partial charge in [-0.25, -0.2) is 0 Å². The lowest BCUT2D eigenvalue weighted by atomic mass is 9.58. The minimum Gasteiger partial charge on any atom is -0.316 e. The van der Waals surface area contributed by atoms with Crippen LogP contribution in [0.2, 0.25) is 0 Å². The molecule has 1 aromatic carbocycles. The Hall–Kier alpha value is -0.340. The smallest absolute Gasteiger partial charge is 0.0178 e. The zero-order chi connectivity index (χ0) is 14.0. The first-order chi connectivity index (χ1) is 9.73. The molecule has 2 aliphatic rings. The summed E-state index contributed by atoms with van der Waals surface area (Å²) in [6.07, 6.45) is 8.49. The van der Waals surface area contributed by atoms with Crippen LogP contribution in [0.25, 0.3) is 0 Å². The highest BCUT2D eigenvalue weighted by Gasteiger charge is 2.44. The lowest BCUT2D eigenvalue weighted by Crippen LogP contribution is -2.46. The first kappa shape index (κ1) is 14.6. The molecule has 0 aromatic heterocycles. The quantitative estimate of drug-likeness (QED) is 0.791. The Bertz CT molecular complexity index is 454. The van der Waals surface area contributed by atoms with Gasteiger partial charge in [0.2, 0.25) is 0 Å². The van der Waals surface area contributed by atoms with Crippen molar-refractivity contribution in [2.45, 2.75) is 51.4 Å². The maximum Gasteiger partial charge on any atom is 0.0178 e. The van der Waals surface area contributed by atoms with Crippen LogP contribution in [0.4, 0.5) is 0 Å². The van der Waals surface area contributed by atoms with Crippen LogP contribution in [0.3, 0.4) is 0 Å². The van der Waals surface area contributed by atoms with Crippen molar-refractivity contribution >= 4 is 15.9 Å². The molecule has 0 radical (unpaired) electrons. The van der Waals surface area contributed by atoms with Gasteiger partial charge in [-0.2, -0.15) is 0 Å². The molecule has 1 saturated heterocycles. The molecule has 20 heavy (non-hydrogen) atoms. The summed E-state index contributed by atoms with van der Waals surface area (Å²) in [5, 5.41) is 3.64. The van der Waals surface area contributed by atoms with E-state index in [1.165, 1.54) is 55.1 Å². The van der Waals surface area contributed by atoms with E-state index in [0.29, 0.717) is 11.3 Å². The molecule has 0 bridgehead atoms. The molecule has 0 amide bonds. The van der Waals surface area contributed by atoms with E-state index in [4.69, 9.17) is 0 Å². The third kappa shape index (κ3) is 2.82. The number of nitrogens with one attached hydrogen (secondary N) is 1. The van der Waals surface area contributed by atoms with Crippen LogP contribution < -0.4 is 5.32 Å². The van der Waals surface area contributed by atoms with Gasteiger partial charge in [-0.3, -0.25) is 0 Å². The molecule has 1 aromatic rings. The molecule has 1 nitrogen and oxygen atoms in total. The van der Waals surface area contributed by atoms with Gasteiger partial charge in [0.15, 0.2) is 0 Å². The maximum absolute atomic E-state index is 3.65. The SMILES string of the molecule is CCC1CCCC2(CCNCC2c2cccc(Br)c2)C1. The van der Waals surface area contributed by atoms with Crippen LogP contribution in [0.1, 0.15) is 56.9 Å². The Morgan fingerprint density at radius 1 is 1.35 bits per heavy atom. The highest BCUT2D eigenvalue weighted by Crippen LogP contribution is 2.53. The van der Waals surface area contributed by atoms with Gasteiger partial charge in [0.1, 0.15) is 0 Å². The summed E-state index contributed by atoms with van der Waals surface area (Å²) in [5.41, 5.74) is 2.09. The van der Waals surface area contributed by atoms with Crippen molar-refractivity contribution in [2.24, 2.45) is 11.3 Å². The van der Waals surface area contributed by atoms with Crippen LogP contribution >= 0.6 is 15.9 Å². The number of hydrogen-bond donors (Lipinski definition) is 1. The monoisotopic (exact) mass is 335 g/mol. The first-order valence-electron chi connectivity index (χ1n) is 8.20. The van der Waals surface area contributed by atoms with Crippen molar-refractivity contribution in [1.29, 1.82) is 0 Å². The van der Waals surface area contributed by atoms with Crippen molar-refractivity contribution < 1.29 is 0 Å². The molecule has 110 valence electrons. The molecule has 2 fully saturated rings. The molecule has 3 atom stereocenters. The Labute approximate surface area is 131 Å². The molecular weight excluding hydrogens is 310 g/mol. The van der Waals surface area contributed by atoms with E-state index in [-0.39, 0.29) is 0 Å². The van der Waals surface area contributed by atoms with E-state index in [9.17, 15) is 0 Å². The van der Waals surface area contributed by atoms with E-state index in [1.807, 2.05) is 0 Å². The first-order valence-corrected chi connectivity index (χ1v) is 8.99. The molecule has 1 saturated carbocycles. The highest BCUT2D eigenvalue weighted by molar-refractivity contribution is 9.10. The minimum absolute atomic E-state index is 0.560. The summed E-state index contributed by atoms with van der Waals surface area (Å²) in [5.74, 6) is 1.65. The molecule has 3 unspecified atom stereocenters. The normalized spacial score (nSPS) is 34.3. The third-order valence-electron chi connectivity index (χ3n) is 5.70. The molecule has 1 spiro atoms. The molecule has 2 heteroatoms. The standard InChI is InChI=1S/C18H26BrN/c1-2-14-5-4-8-18(12-14)9-10-20-13-17(18)15-6-3-7-16(19)11-15/h3,6-7,11,14,17,20H,2,4-5,8-10,12-13H2,1H3. The van der Waals surface area contributed by atoms with Crippen molar-refractivity contribution in [3.8, 4) is 0 Å². The van der Waals surface area contributed by atoms with E-state index in [2.05, 4.69) is 52.4 Å². The fourth-order valence-corrected chi connectivity index (χ4v) is 5.00. The van der Waals surface area contributed by atoms with Gasteiger partial charge in [0.05, 0.1) is 0 Å². The average Bonchev–Trinajstić information content (AvgIpc) is 2.48. The molecule has 3 rings (SSSR count). The van der Waals surface area contributed by atoms with Crippen LogP contribution in [-0.4, -0.2) is 13.1 Å². The fourth-order valence-electron chi connectivity index (χ4n) is 4.58. The van der Waals surface area contributed by atoms with Crippen LogP contribution in [0.5, 0.6) is 0 Å². The topological polar surface area (TPSA) is 12.0 Å². The Morgan fingerprint density at radius 2 is 2.25 bits per heavy atom. The molecule has 1 aliphatic carbocycles. The molecule has 1 heterocycles. The summed E-state index contributed by atoms with van der Waals surface area (Å²) in [6.45, 7) is 4.74. The van der Waals surface area contributed by atoms with Gasteiger partial charge in [0, 0.05) is 16.9 Å². The number of hydrogen-bond acceptors (Lipinski definition) is 1. The lowest BCUT2D eigenvalue weighted by Gasteiger charge is -2.49. The van der Waals surface area contributed by atoms with E-state index in [0.717, 1.165) is 12.5 Å². The van der Waals surface area contributed by atoms with Crippen molar-refractivity contribution in [3.05, 3.63) is 34.3 Å². The summed E-state index contributed by atoms with van der Waals surface area (Å²) < 4.78 is 1.22. The van der Waals surface area contributed by atoms with E-state index in [1.54, 1.807) is 0 Å². The number of benzene rings is 1. The number of halogens is 1. The average molecular weight is 336 g/mol. The van der Waals surface area contributed by atoms with E-state index >= 15 is 0 Å². The zero-order valence-electron chi connectivity index (χ0n) is 12.5. The van der Waals surface area contributed by atoms with Crippen molar-refractivity contribution in [1.82, 2.24) is 5.32 Å². The molecule has 1 N–H and O–H groups in total. The van der Waals surface area contributed by atoms with Gasteiger partial charge in [-0.15, -0.1) is 0 Å². The molecular formula is C18H26BrN. The van der Waals surface area contributed by atoms with Crippen LogP contribution in [0.15, 0.2) is 28.7 Å². The maximum atomic E-state index is 3.65. The summed E-state index contributed by atoms with van der Waals surface area (Å²) in [4.78, 5) is 0. The predicted molar refractivity (Wildman–Crippen MR) is 89.1 cm³/mol. The number of piperidine rings is 1.